The summed E-state index contributed by atoms with van der Waals surface area (Å²) in [5.41, 5.74) is 2.49. The van der Waals surface area contributed by atoms with Gasteiger partial charge in [0.05, 0.1) is 0 Å². The van der Waals surface area contributed by atoms with Gasteiger partial charge < -0.3 is 8.43 Å². The second kappa shape index (κ2) is 5.30. The molecule has 0 aromatic heterocycles. The zero-order valence-corrected chi connectivity index (χ0v) is 11.6. The first kappa shape index (κ1) is 11.4. The van der Waals surface area contributed by atoms with E-state index in [9.17, 15) is 0 Å². The summed E-state index contributed by atoms with van der Waals surface area (Å²) in [5, 5.41) is 0. The molecule has 1 aliphatic rings. The van der Waals surface area contributed by atoms with E-state index in [-0.39, 0.29) is 21.0 Å². The number of halogens is 1. The van der Waals surface area contributed by atoms with Crippen molar-refractivity contribution in [2.75, 3.05) is 19.0 Å². The maximum atomic E-state index is 3.27. The molecule has 0 saturated carbocycles. The third kappa shape index (κ3) is 2.95. The summed E-state index contributed by atoms with van der Waals surface area (Å²) in [6.45, 7) is 0. The molecule has 0 amide bonds. The van der Waals surface area contributed by atoms with Gasteiger partial charge >= 0.3 is 0 Å². The van der Waals surface area contributed by atoms with Gasteiger partial charge in [0.25, 0.3) is 0 Å². The molecule has 0 saturated heterocycles. The smallest absolute Gasteiger partial charge is 0.0361 e. The minimum Gasteiger partial charge on any atom is -0.378 e. The molecule has 1 aromatic rings. The molecule has 1 heterocycles. The molecular weight excluding hydrogens is 311 g/mol. The quantitative estimate of drug-likeness (QED) is 0.679. The van der Waals surface area contributed by atoms with Crippen molar-refractivity contribution in [3.63, 3.8) is 0 Å². The molecule has 0 radical (unpaired) electrons. The molecule has 0 aliphatic carbocycles. The van der Waals surface area contributed by atoms with Gasteiger partial charge in [-0.2, -0.15) is 0 Å². The van der Waals surface area contributed by atoms with E-state index in [1.54, 1.807) is 0 Å². The average molecular weight is 326 g/mol. The van der Waals surface area contributed by atoms with Crippen molar-refractivity contribution >= 4 is 36.3 Å². The number of nitrogens with one attached hydrogen (secondary N) is 1. The number of benzene rings is 1. The highest BCUT2D eigenvalue weighted by molar-refractivity contribution is 14.2. The van der Waals surface area contributed by atoms with Crippen LogP contribution in [0.15, 0.2) is 42.6 Å². The van der Waals surface area contributed by atoms with E-state index in [2.05, 4.69) is 65.0 Å². The van der Waals surface area contributed by atoms with E-state index >= 15 is 0 Å². The lowest BCUT2D eigenvalue weighted by atomic mass is 10.2. The Morgan fingerprint density at radius 3 is 2.44 bits per heavy atom. The van der Waals surface area contributed by atoms with Gasteiger partial charge in [0, 0.05) is 50.5 Å². The third-order valence-electron chi connectivity index (χ3n) is 2.31. The number of anilines is 1. The molecule has 0 atom stereocenters. The Bertz CT molecular complexity index is 442. The van der Waals surface area contributed by atoms with Gasteiger partial charge in [0.15, 0.2) is 0 Å². The van der Waals surface area contributed by atoms with E-state index in [4.69, 9.17) is 0 Å². The molecule has 2 rings (SSSR count). The van der Waals surface area contributed by atoms with Crippen LogP contribution in [0.4, 0.5) is 5.69 Å². The summed E-state index contributed by atoms with van der Waals surface area (Å²) in [6.07, 6.45) is 8.56. The summed E-state index contributed by atoms with van der Waals surface area (Å²) in [4.78, 5) is 2.11. The van der Waals surface area contributed by atoms with Crippen molar-refractivity contribution in [2.24, 2.45) is 0 Å². The first-order valence-corrected chi connectivity index (χ1v) is 7.30. The van der Waals surface area contributed by atoms with Crippen molar-refractivity contribution in [3.05, 3.63) is 48.2 Å². The van der Waals surface area contributed by atoms with Gasteiger partial charge in [0.1, 0.15) is 0 Å². The van der Waals surface area contributed by atoms with Crippen molar-refractivity contribution in [1.82, 2.24) is 3.53 Å². The second-order valence-electron chi connectivity index (χ2n) is 3.74. The summed E-state index contributed by atoms with van der Waals surface area (Å²) >= 11 is 0.0215. The fourth-order valence-corrected chi connectivity index (χ4v) is 2.82. The molecule has 0 spiro atoms. The van der Waals surface area contributed by atoms with Crippen LogP contribution in [0.2, 0.25) is 0 Å². The maximum absolute atomic E-state index is 3.27. The van der Waals surface area contributed by atoms with Crippen molar-refractivity contribution in [3.8, 4) is 0 Å². The van der Waals surface area contributed by atoms with E-state index < -0.39 is 0 Å². The van der Waals surface area contributed by atoms with E-state index in [0.717, 1.165) is 0 Å². The number of allylic oxidation sites excluding steroid dienone is 2. The van der Waals surface area contributed by atoms with Crippen LogP contribution in [0.5, 0.6) is 0 Å². The predicted octanol–water partition coefficient (Wildman–Crippen LogP) is 2.94. The van der Waals surface area contributed by atoms with Crippen LogP contribution in [-0.2, 0) is 0 Å². The van der Waals surface area contributed by atoms with Crippen LogP contribution in [0.25, 0.3) is 6.08 Å². The zero-order chi connectivity index (χ0) is 11.4. The molecule has 2 nitrogen and oxygen atoms in total. The highest BCUT2D eigenvalue weighted by atomic mass is 127. The van der Waals surface area contributed by atoms with Gasteiger partial charge in [-0.3, -0.25) is 0 Å². The van der Waals surface area contributed by atoms with E-state index in [1.807, 2.05) is 6.20 Å². The summed E-state index contributed by atoms with van der Waals surface area (Å²) in [5.74, 6) is 0. The van der Waals surface area contributed by atoms with Gasteiger partial charge in [-0.15, -0.1) is 0 Å². The van der Waals surface area contributed by atoms with Gasteiger partial charge in [-0.05, 0) is 29.8 Å². The number of nitrogens with zero attached hydrogens (tertiary/aromatic N) is 1. The first-order valence-electron chi connectivity index (χ1n) is 5.14. The highest BCUT2D eigenvalue weighted by Crippen LogP contribution is 2.14. The Morgan fingerprint density at radius 2 is 1.88 bits per heavy atom. The zero-order valence-electron chi connectivity index (χ0n) is 9.44. The molecule has 0 bridgehead atoms. The van der Waals surface area contributed by atoms with Crippen LogP contribution >= 0.6 is 21.0 Å². The lowest BCUT2D eigenvalue weighted by molar-refractivity contribution is 1.13. The van der Waals surface area contributed by atoms with Crippen molar-refractivity contribution in [2.45, 2.75) is 0 Å². The predicted molar refractivity (Wildman–Crippen MR) is 81.1 cm³/mol. The van der Waals surface area contributed by atoms with Gasteiger partial charge in [-0.25, -0.2) is 0 Å². The maximum Gasteiger partial charge on any atom is 0.0361 e. The molecule has 84 valence electrons. The molecule has 1 aromatic carbocycles. The third-order valence-corrected chi connectivity index (χ3v) is 4.33. The van der Waals surface area contributed by atoms with Gasteiger partial charge in [0.2, 0.25) is 0 Å². The second-order valence-corrected chi connectivity index (χ2v) is 6.15. The molecule has 1 N–H and O–H groups in total. The van der Waals surface area contributed by atoms with Crippen LogP contribution in [-0.4, -0.2) is 17.6 Å². The minimum absolute atomic E-state index is 0.0215. The highest BCUT2D eigenvalue weighted by Gasteiger charge is 1.95. The largest absolute Gasteiger partial charge is 0.378 e. The average Bonchev–Trinajstić information content (AvgIpc) is 2.80. The summed E-state index contributed by atoms with van der Waals surface area (Å²) in [7, 11) is 4.11. The van der Waals surface area contributed by atoms with Crippen LogP contribution in [0.3, 0.4) is 0 Å². The van der Waals surface area contributed by atoms with E-state index in [1.165, 1.54) is 14.8 Å². The van der Waals surface area contributed by atoms with Crippen LogP contribution in [0.1, 0.15) is 5.56 Å². The number of hydrogen-bond acceptors (Lipinski definition) is 2. The summed E-state index contributed by atoms with van der Waals surface area (Å²) in [6, 6.07) is 8.58. The normalized spacial score (nSPS) is 14.5. The molecule has 0 fully saturated rings. The minimum atomic E-state index is 0.0215. The molecular formula is C13H15IN2. The Hall–Kier alpha value is -1.10. The Kier molecular flexibility index (Phi) is 3.77. The van der Waals surface area contributed by atoms with Crippen molar-refractivity contribution in [1.29, 1.82) is 0 Å². The number of hydrogen-bond donors (Lipinski definition) is 1. The SMILES string of the molecule is CN(C)c1ccc(/C=C/C2=INC=C2)cc1. The summed E-state index contributed by atoms with van der Waals surface area (Å²) < 4.78 is 4.69. The fourth-order valence-electron chi connectivity index (χ4n) is 1.38. The van der Waals surface area contributed by atoms with Crippen LogP contribution < -0.4 is 8.43 Å². The van der Waals surface area contributed by atoms with Crippen LogP contribution in [0, 0.1) is 0 Å². The monoisotopic (exact) mass is 326 g/mol. The number of rotatable bonds is 3. The standard InChI is InChI=1S/C13H15IN2/c1-16(2)13-7-4-11(5-8-13)3-6-12-9-10-15-14-12/h3-10,15H,1-2H3/b6-3+. The van der Waals surface area contributed by atoms with Crippen molar-refractivity contribution < 1.29 is 0 Å². The fraction of sp³-hybridized carbons (Fsp3) is 0.154. The Morgan fingerprint density at radius 1 is 1.12 bits per heavy atom. The molecule has 0 unspecified atom stereocenters. The van der Waals surface area contributed by atoms with Gasteiger partial charge in [-0.1, -0.05) is 18.2 Å². The topological polar surface area (TPSA) is 15.3 Å². The molecule has 1 aliphatic heterocycles. The lowest BCUT2D eigenvalue weighted by Crippen LogP contribution is -2.07. The first-order chi connectivity index (χ1) is 7.75. The molecule has 3 heteroatoms. The van der Waals surface area contributed by atoms with E-state index in [0.29, 0.717) is 0 Å². The molecule has 16 heavy (non-hydrogen) atoms. The lowest BCUT2D eigenvalue weighted by Gasteiger charge is -2.11. The Balaban J connectivity index is 2.07. The Labute approximate surface area is 107 Å².